The van der Waals surface area contributed by atoms with E-state index in [0.717, 1.165) is 54.7 Å². The van der Waals surface area contributed by atoms with Crippen molar-refractivity contribution in [1.82, 2.24) is 9.47 Å². The third-order valence-corrected chi connectivity index (χ3v) is 7.59. The summed E-state index contributed by atoms with van der Waals surface area (Å²) in [6.07, 6.45) is 3.46. The van der Waals surface area contributed by atoms with E-state index in [1.165, 1.54) is 16.6 Å². The molecule has 0 aliphatic carbocycles. The summed E-state index contributed by atoms with van der Waals surface area (Å²) < 4.78 is 8.73. The van der Waals surface area contributed by atoms with Crippen molar-refractivity contribution in [3.63, 3.8) is 0 Å². The zero-order valence-electron chi connectivity index (χ0n) is 19.3. The van der Waals surface area contributed by atoms with Crippen molar-refractivity contribution >= 4 is 10.9 Å². The lowest BCUT2D eigenvalue weighted by Crippen LogP contribution is -2.51. The van der Waals surface area contributed by atoms with Gasteiger partial charge < -0.3 is 24.4 Å². The van der Waals surface area contributed by atoms with Crippen molar-refractivity contribution in [3.8, 4) is 5.75 Å². The first kappa shape index (κ1) is 21.5. The first-order valence-electron chi connectivity index (χ1n) is 11.9. The van der Waals surface area contributed by atoms with Gasteiger partial charge >= 0.3 is 0 Å². The maximum Gasteiger partial charge on any atom is 0.126 e. The number of aromatic nitrogens is 1. The molecule has 1 saturated heterocycles. The number of ether oxygens (including phenoxy) is 1. The molecule has 32 heavy (non-hydrogen) atoms. The molecule has 0 bridgehead atoms. The van der Waals surface area contributed by atoms with Gasteiger partial charge in [-0.15, -0.1) is 0 Å². The molecule has 1 spiro atoms. The fourth-order valence-corrected chi connectivity index (χ4v) is 5.49. The van der Waals surface area contributed by atoms with Gasteiger partial charge in [0.05, 0.1) is 12.2 Å². The molecule has 0 saturated carbocycles. The zero-order chi connectivity index (χ0) is 22.5. The second-order valence-corrected chi connectivity index (χ2v) is 9.68. The lowest BCUT2D eigenvalue weighted by molar-refractivity contribution is -0.0588. The Morgan fingerprint density at radius 3 is 2.59 bits per heavy atom. The average molecular weight is 435 g/mol. The Hall–Kier alpha value is -2.34. The number of para-hydroxylation sites is 1. The van der Waals surface area contributed by atoms with E-state index in [1.807, 2.05) is 12.1 Å². The predicted octanol–water partition coefficient (Wildman–Crippen LogP) is 4.66. The number of fused-ring (bicyclic) bond motifs is 2. The number of hydrogen-bond donors (Lipinski definition) is 2. The molecule has 3 heterocycles. The quantitative estimate of drug-likeness (QED) is 0.627. The van der Waals surface area contributed by atoms with Gasteiger partial charge in [-0.3, -0.25) is 0 Å². The second kappa shape index (κ2) is 8.22. The van der Waals surface area contributed by atoms with Gasteiger partial charge in [0.15, 0.2) is 0 Å². The molecule has 3 aromatic rings. The summed E-state index contributed by atoms with van der Waals surface area (Å²) in [7, 11) is 0. The Balaban J connectivity index is 1.28. The Morgan fingerprint density at radius 1 is 1.12 bits per heavy atom. The first-order valence-corrected chi connectivity index (χ1v) is 11.9. The normalized spacial score (nSPS) is 21.5. The Kier molecular flexibility index (Phi) is 5.52. The van der Waals surface area contributed by atoms with Crippen molar-refractivity contribution < 1.29 is 14.9 Å². The van der Waals surface area contributed by atoms with Gasteiger partial charge in [0.25, 0.3) is 0 Å². The number of aliphatic hydroxyl groups excluding tert-OH is 2. The number of hydrogen-bond acceptors (Lipinski definition) is 4. The van der Waals surface area contributed by atoms with E-state index in [2.05, 4.69) is 60.7 Å². The summed E-state index contributed by atoms with van der Waals surface area (Å²) in [4.78, 5) is 2.33. The van der Waals surface area contributed by atoms with Crippen LogP contribution in [0, 0.1) is 13.8 Å². The largest absolute Gasteiger partial charge is 0.487 e. The minimum Gasteiger partial charge on any atom is -0.487 e. The molecule has 2 aliphatic heterocycles. The lowest BCUT2D eigenvalue weighted by Gasteiger charge is -2.46. The number of benzene rings is 2. The molecule has 5 nitrogen and oxygen atoms in total. The molecule has 5 rings (SSSR count). The molecule has 170 valence electrons. The first-order chi connectivity index (χ1) is 15.4. The van der Waals surface area contributed by atoms with Gasteiger partial charge in [0.1, 0.15) is 11.4 Å². The summed E-state index contributed by atoms with van der Waals surface area (Å²) in [6.45, 7) is 9.52. The van der Waals surface area contributed by atoms with E-state index >= 15 is 0 Å². The molecule has 2 aromatic carbocycles. The molecule has 2 N–H and O–H groups in total. The van der Waals surface area contributed by atoms with Crippen molar-refractivity contribution in [3.05, 3.63) is 64.8 Å². The van der Waals surface area contributed by atoms with Crippen LogP contribution in [0.1, 0.15) is 60.6 Å². The number of β-amino-alcohol motifs (C(OH)–C–C–N with tert-alkyl or cyclic N) is 1. The van der Waals surface area contributed by atoms with Crippen LogP contribution in [0.15, 0.2) is 42.6 Å². The molecule has 2 aliphatic rings. The van der Waals surface area contributed by atoms with Gasteiger partial charge in [-0.25, -0.2) is 0 Å². The third-order valence-electron chi connectivity index (χ3n) is 7.59. The van der Waals surface area contributed by atoms with E-state index in [-0.39, 0.29) is 5.60 Å². The number of likely N-dealkylation sites (tertiary alicyclic amines) is 1. The molecule has 0 radical (unpaired) electrons. The van der Waals surface area contributed by atoms with Crippen molar-refractivity contribution in [2.24, 2.45) is 0 Å². The third kappa shape index (κ3) is 3.72. The predicted molar refractivity (Wildman–Crippen MR) is 127 cm³/mol. The second-order valence-electron chi connectivity index (χ2n) is 9.68. The Bertz CT molecular complexity index is 1130. The van der Waals surface area contributed by atoms with Crippen LogP contribution in [0.25, 0.3) is 10.9 Å². The molecular weight excluding hydrogens is 400 g/mol. The van der Waals surface area contributed by atoms with Crippen molar-refractivity contribution in [2.45, 2.75) is 64.4 Å². The van der Waals surface area contributed by atoms with E-state index < -0.39 is 12.2 Å². The summed E-state index contributed by atoms with van der Waals surface area (Å²) >= 11 is 0. The summed E-state index contributed by atoms with van der Waals surface area (Å²) in [5.74, 6) is 0.840. The lowest BCUT2D eigenvalue weighted by atomic mass is 9.81. The van der Waals surface area contributed by atoms with E-state index in [9.17, 15) is 10.2 Å². The number of nitrogens with zero attached hydrogens (tertiary/aromatic N) is 2. The highest BCUT2D eigenvalue weighted by Gasteiger charge is 2.43. The molecular formula is C27H34N2O3. The summed E-state index contributed by atoms with van der Waals surface area (Å²) in [6, 6.07) is 12.5. The van der Waals surface area contributed by atoms with Crippen LogP contribution in [-0.2, 0) is 6.54 Å². The Labute approximate surface area is 190 Å². The summed E-state index contributed by atoms with van der Waals surface area (Å²) in [5, 5.41) is 23.1. The van der Waals surface area contributed by atoms with Crippen LogP contribution in [0.3, 0.4) is 0 Å². The minimum absolute atomic E-state index is 0.312. The van der Waals surface area contributed by atoms with Crippen LogP contribution in [0.5, 0.6) is 5.75 Å². The topological polar surface area (TPSA) is 57.9 Å². The highest BCUT2D eigenvalue weighted by atomic mass is 16.5. The van der Waals surface area contributed by atoms with Gasteiger partial charge in [-0.05, 0) is 62.9 Å². The number of piperidine rings is 1. The zero-order valence-corrected chi connectivity index (χ0v) is 19.3. The highest BCUT2D eigenvalue weighted by molar-refractivity contribution is 5.84. The average Bonchev–Trinajstić information content (AvgIpc) is 3.16. The fraction of sp³-hybridized carbons (Fsp3) is 0.481. The number of aliphatic hydroxyl groups is 2. The number of rotatable bonds is 4. The molecule has 5 heteroatoms. The van der Waals surface area contributed by atoms with Gasteiger partial charge in [0.2, 0.25) is 0 Å². The molecule has 2 atom stereocenters. The summed E-state index contributed by atoms with van der Waals surface area (Å²) in [5.41, 5.74) is 5.18. The molecule has 1 fully saturated rings. The Morgan fingerprint density at radius 2 is 1.84 bits per heavy atom. The van der Waals surface area contributed by atoms with Gasteiger partial charge in [-0.2, -0.15) is 0 Å². The van der Waals surface area contributed by atoms with Crippen LogP contribution in [0.2, 0.25) is 0 Å². The smallest absolute Gasteiger partial charge is 0.126 e. The monoisotopic (exact) mass is 434 g/mol. The maximum absolute atomic E-state index is 11.1. The highest BCUT2D eigenvalue weighted by Crippen LogP contribution is 2.45. The van der Waals surface area contributed by atoms with E-state index in [4.69, 9.17) is 4.74 Å². The molecule has 0 amide bonds. The molecule has 1 aromatic heterocycles. The maximum atomic E-state index is 11.1. The van der Waals surface area contributed by atoms with Crippen molar-refractivity contribution in [1.29, 1.82) is 0 Å². The minimum atomic E-state index is -0.522. The van der Waals surface area contributed by atoms with Crippen LogP contribution in [0.4, 0.5) is 0 Å². The van der Waals surface area contributed by atoms with Crippen LogP contribution in [-0.4, -0.2) is 44.9 Å². The van der Waals surface area contributed by atoms with E-state index in [0.29, 0.717) is 13.0 Å². The molecule has 0 unspecified atom stereocenters. The van der Waals surface area contributed by atoms with Crippen LogP contribution >= 0.6 is 0 Å². The van der Waals surface area contributed by atoms with Crippen LogP contribution < -0.4 is 4.74 Å². The van der Waals surface area contributed by atoms with Crippen molar-refractivity contribution in [2.75, 3.05) is 19.6 Å². The number of aryl methyl sites for hydroxylation is 3. The van der Waals surface area contributed by atoms with E-state index in [1.54, 1.807) is 0 Å². The fourth-order valence-electron chi connectivity index (χ4n) is 5.49. The SMILES string of the molecule is CCn1cc([C@H](O)CN2CCC3(CC2)C[C@@H](O)c2cc(C)c(C)cc2O3)c2ccccc21. The standard InChI is InChI=1S/C27H34N2O3/c1-4-29-16-22(20-7-5-6-8-23(20)29)25(31)17-28-11-9-27(10-12-28)15-24(30)21-13-18(2)19(3)14-26(21)32-27/h5-8,13-14,16,24-25,30-31H,4,9-12,15,17H2,1-3H3/t24-,25-/m1/s1. The van der Waals surface area contributed by atoms with Gasteiger partial charge in [0, 0.05) is 60.8 Å². The van der Waals surface area contributed by atoms with Gasteiger partial charge in [-0.1, -0.05) is 18.2 Å².